The molecule has 0 bridgehead atoms. The van der Waals surface area contributed by atoms with E-state index in [-0.39, 0.29) is 12.0 Å². The predicted molar refractivity (Wildman–Crippen MR) is 80.6 cm³/mol. The molecule has 1 saturated carbocycles. The Balaban J connectivity index is 1.38. The normalized spacial score (nSPS) is 21.2. The van der Waals surface area contributed by atoms with Crippen molar-refractivity contribution in [2.24, 2.45) is 5.92 Å². The molecule has 1 fully saturated rings. The van der Waals surface area contributed by atoms with Crippen molar-refractivity contribution >= 4 is 5.91 Å². The van der Waals surface area contributed by atoms with Crippen LogP contribution in [0.15, 0.2) is 24.3 Å². The number of ether oxygens (including phenoxy) is 2. The van der Waals surface area contributed by atoms with Crippen LogP contribution in [0.1, 0.15) is 38.5 Å². The van der Waals surface area contributed by atoms with Crippen molar-refractivity contribution in [3.63, 3.8) is 0 Å². The maximum atomic E-state index is 11.9. The van der Waals surface area contributed by atoms with Crippen LogP contribution in [0.5, 0.6) is 11.5 Å². The lowest BCUT2D eigenvalue weighted by Gasteiger charge is -2.26. The smallest absolute Gasteiger partial charge is 0.220 e. The lowest BCUT2D eigenvalue weighted by Crippen LogP contribution is -2.40. The molecular weight excluding hydrogens is 266 g/mol. The van der Waals surface area contributed by atoms with Crippen LogP contribution in [0.3, 0.4) is 0 Å². The third-order valence-electron chi connectivity index (χ3n) is 4.35. The van der Waals surface area contributed by atoms with E-state index < -0.39 is 0 Å². The molecule has 4 heteroatoms. The summed E-state index contributed by atoms with van der Waals surface area (Å²) in [5, 5.41) is 2.96. The fourth-order valence-electron chi connectivity index (χ4n) is 3.11. The second kappa shape index (κ2) is 6.83. The van der Waals surface area contributed by atoms with Gasteiger partial charge in [0, 0.05) is 6.42 Å². The fraction of sp³-hybridized carbons (Fsp3) is 0.588. The van der Waals surface area contributed by atoms with Crippen molar-refractivity contribution in [1.29, 1.82) is 0 Å². The van der Waals surface area contributed by atoms with Crippen LogP contribution in [0.25, 0.3) is 0 Å². The largest absolute Gasteiger partial charge is 0.486 e. The van der Waals surface area contributed by atoms with Crippen molar-refractivity contribution in [2.75, 3.05) is 13.2 Å². The molecular formula is C17H23NO3. The first kappa shape index (κ1) is 14.2. The van der Waals surface area contributed by atoms with Gasteiger partial charge < -0.3 is 14.8 Å². The number of hydrogen-bond donors (Lipinski definition) is 1. The van der Waals surface area contributed by atoms with E-state index in [4.69, 9.17) is 9.47 Å². The van der Waals surface area contributed by atoms with Crippen molar-refractivity contribution in [3.05, 3.63) is 24.3 Å². The summed E-state index contributed by atoms with van der Waals surface area (Å²) < 4.78 is 11.5. The number of nitrogens with one attached hydrogen (secondary N) is 1. The van der Waals surface area contributed by atoms with Crippen molar-refractivity contribution < 1.29 is 14.3 Å². The quantitative estimate of drug-likeness (QED) is 0.906. The van der Waals surface area contributed by atoms with E-state index in [2.05, 4.69) is 5.32 Å². The zero-order valence-electron chi connectivity index (χ0n) is 12.3. The molecule has 1 N–H and O–H groups in total. The van der Waals surface area contributed by atoms with Crippen molar-refractivity contribution in [3.8, 4) is 11.5 Å². The molecule has 1 aromatic carbocycles. The minimum atomic E-state index is -0.102. The van der Waals surface area contributed by atoms with Gasteiger partial charge in [-0.2, -0.15) is 0 Å². The fourth-order valence-corrected chi connectivity index (χ4v) is 3.11. The summed E-state index contributed by atoms with van der Waals surface area (Å²) in [6.45, 7) is 0.998. The first-order valence-corrected chi connectivity index (χ1v) is 7.96. The van der Waals surface area contributed by atoms with E-state index in [0.717, 1.165) is 23.8 Å². The lowest BCUT2D eigenvalue weighted by molar-refractivity contribution is -0.121. The summed E-state index contributed by atoms with van der Waals surface area (Å²) in [5.41, 5.74) is 0. The Bertz CT molecular complexity index is 483. The molecule has 2 aliphatic rings. The SMILES string of the molecule is O=C(CCC1CCCC1)NC[C@H]1COc2ccccc2O1. The molecule has 114 valence electrons. The Labute approximate surface area is 125 Å². The summed E-state index contributed by atoms with van der Waals surface area (Å²) in [6.07, 6.45) is 6.81. The molecule has 1 heterocycles. The highest BCUT2D eigenvalue weighted by Gasteiger charge is 2.21. The number of para-hydroxylation sites is 2. The topological polar surface area (TPSA) is 47.6 Å². The zero-order valence-corrected chi connectivity index (χ0v) is 12.3. The summed E-state index contributed by atoms with van der Waals surface area (Å²) in [5.74, 6) is 2.43. The van der Waals surface area contributed by atoms with Gasteiger partial charge in [0.05, 0.1) is 6.54 Å². The molecule has 1 atom stereocenters. The second-order valence-corrected chi connectivity index (χ2v) is 5.99. The van der Waals surface area contributed by atoms with E-state index in [9.17, 15) is 4.79 Å². The number of carbonyl (C=O) groups is 1. The van der Waals surface area contributed by atoms with Crippen LogP contribution >= 0.6 is 0 Å². The first-order valence-electron chi connectivity index (χ1n) is 7.96. The van der Waals surface area contributed by atoms with Crippen LogP contribution in [0.2, 0.25) is 0 Å². The van der Waals surface area contributed by atoms with E-state index in [1.807, 2.05) is 24.3 Å². The summed E-state index contributed by atoms with van der Waals surface area (Å²) in [6, 6.07) is 7.63. The summed E-state index contributed by atoms with van der Waals surface area (Å²) >= 11 is 0. The number of hydrogen-bond acceptors (Lipinski definition) is 3. The second-order valence-electron chi connectivity index (χ2n) is 5.99. The van der Waals surface area contributed by atoms with Crippen LogP contribution in [0.4, 0.5) is 0 Å². The molecule has 1 aliphatic carbocycles. The molecule has 0 aromatic heterocycles. The maximum absolute atomic E-state index is 11.9. The Morgan fingerprint density at radius 3 is 2.76 bits per heavy atom. The van der Waals surface area contributed by atoms with Gasteiger partial charge in [-0.1, -0.05) is 37.8 Å². The number of fused-ring (bicyclic) bond motifs is 1. The highest BCUT2D eigenvalue weighted by atomic mass is 16.6. The molecule has 0 spiro atoms. The van der Waals surface area contributed by atoms with Gasteiger partial charge in [0.1, 0.15) is 12.7 Å². The van der Waals surface area contributed by atoms with Gasteiger partial charge in [0.25, 0.3) is 0 Å². The van der Waals surface area contributed by atoms with Crippen LogP contribution in [-0.2, 0) is 4.79 Å². The molecule has 0 radical (unpaired) electrons. The highest BCUT2D eigenvalue weighted by molar-refractivity contribution is 5.75. The molecule has 3 rings (SSSR count). The number of benzene rings is 1. The molecule has 1 aromatic rings. The van der Waals surface area contributed by atoms with E-state index in [0.29, 0.717) is 19.6 Å². The minimum absolute atomic E-state index is 0.102. The predicted octanol–water partition coefficient (Wildman–Crippen LogP) is 2.91. The molecule has 0 unspecified atom stereocenters. The van der Waals surface area contributed by atoms with Gasteiger partial charge in [-0.3, -0.25) is 4.79 Å². The Kier molecular flexibility index (Phi) is 4.63. The molecule has 0 saturated heterocycles. The molecule has 21 heavy (non-hydrogen) atoms. The minimum Gasteiger partial charge on any atom is -0.486 e. The third-order valence-corrected chi connectivity index (χ3v) is 4.35. The van der Waals surface area contributed by atoms with E-state index in [1.165, 1.54) is 25.7 Å². The maximum Gasteiger partial charge on any atom is 0.220 e. The van der Waals surface area contributed by atoms with Crippen LogP contribution < -0.4 is 14.8 Å². The van der Waals surface area contributed by atoms with Gasteiger partial charge in [-0.15, -0.1) is 0 Å². The van der Waals surface area contributed by atoms with Crippen molar-refractivity contribution in [1.82, 2.24) is 5.32 Å². The zero-order chi connectivity index (χ0) is 14.5. The standard InChI is InChI=1S/C17H23NO3/c19-17(10-9-13-5-1-2-6-13)18-11-14-12-20-15-7-3-4-8-16(15)21-14/h3-4,7-8,13-14H,1-2,5-6,9-12H2,(H,18,19)/t14-/m0/s1. The molecule has 1 aliphatic heterocycles. The van der Waals surface area contributed by atoms with Crippen LogP contribution in [-0.4, -0.2) is 25.2 Å². The number of rotatable bonds is 5. The number of amides is 1. The van der Waals surface area contributed by atoms with Gasteiger partial charge in [0.2, 0.25) is 5.91 Å². The van der Waals surface area contributed by atoms with Gasteiger partial charge in [-0.25, -0.2) is 0 Å². The summed E-state index contributed by atoms with van der Waals surface area (Å²) in [7, 11) is 0. The van der Waals surface area contributed by atoms with E-state index >= 15 is 0 Å². The molecule has 1 amide bonds. The van der Waals surface area contributed by atoms with E-state index in [1.54, 1.807) is 0 Å². The third kappa shape index (κ3) is 3.90. The Morgan fingerprint density at radius 2 is 1.95 bits per heavy atom. The van der Waals surface area contributed by atoms with Crippen LogP contribution in [0, 0.1) is 5.92 Å². The van der Waals surface area contributed by atoms with Gasteiger partial charge in [0.15, 0.2) is 11.5 Å². The van der Waals surface area contributed by atoms with Gasteiger partial charge in [-0.05, 0) is 24.5 Å². The Morgan fingerprint density at radius 1 is 1.19 bits per heavy atom. The highest BCUT2D eigenvalue weighted by Crippen LogP contribution is 2.31. The summed E-state index contributed by atoms with van der Waals surface area (Å²) in [4.78, 5) is 11.9. The van der Waals surface area contributed by atoms with Crippen molar-refractivity contribution in [2.45, 2.75) is 44.6 Å². The molecule has 4 nitrogen and oxygen atoms in total. The lowest BCUT2D eigenvalue weighted by atomic mass is 10.0. The average molecular weight is 289 g/mol. The first-order chi connectivity index (χ1) is 10.3. The monoisotopic (exact) mass is 289 g/mol. The number of carbonyl (C=O) groups excluding carboxylic acids is 1. The van der Waals surface area contributed by atoms with Gasteiger partial charge >= 0.3 is 0 Å². The Hall–Kier alpha value is -1.71. The average Bonchev–Trinajstić information content (AvgIpc) is 3.04.